The van der Waals surface area contributed by atoms with E-state index in [9.17, 15) is 9.59 Å². The predicted molar refractivity (Wildman–Crippen MR) is 97.5 cm³/mol. The molecule has 0 radical (unpaired) electrons. The van der Waals surface area contributed by atoms with E-state index in [4.69, 9.17) is 21.4 Å². The van der Waals surface area contributed by atoms with Gasteiger partial charge < -0.3 is 15.2 Å². The third-order valence-electron chi connectivity index (χ3n) is 3.73. The van der Waals surface area contributed by atoms with Crippen LogP contribution in [-0.4, -0.2) is 23.6 Å². The van der Waals surface area contributed by atoms with E-state index in [1.54, 1.807) is 56.3 Å². The molecule has 1 amide bonds. The van der Waals surface area contributed by atoms with Gasteiger partial charge in [0.25, 0.3) is 5.91 Å². The first-order valence-corrected chi connectivity index (χ1v) is 8.10. The van der Waals surface area contributed by atoms with E-state index in [1.165, 1.54) is 0 Å². The first-order chi connectivity index (χ1) is 11.7. The minimum Gasteiger partial charge on any atom is -0.492 e. The molecule has 0 aromatic heterocycles. The number of halogens is 1. The first-order valence-electron chi connectivity index (χ1n) is 7.73. The van der Waals surface area contributed by atoms with Crippen LogP contribution in [0, 0.1) is 12.3 Å². The van der Waals surface area contributed by atoms with Gasteiger partial charge in [-0.05, 0) is 68.8 Å². The maximum absolute atomic E-state index is 12.3. The quantitative estimate of drug-likeness (QED) is 0.800. The van der Waals surface area contributed by atoms with Gasteiger partial charge in [-0.25, -0.2) is 0 Å². The van der Waals surface area contributed by atoms with Crippen LogP contribution >= 0.6 is 11.6 Å². The lowest BCUT2D eigenvalue weighted by molar-refractivity contribution is -0.148. The van der Waals surface area contributed by atoms with Gasteiger partial charge in [0.15, 0.2) is 0 Å². The van der Waals surface area contributed by atoms with Crippen LogP contribution in [0.15, 0.2) is 42.5 Å². The van der Waals surface area contributed by atoms with Crippen molar-refractivity contribution in [3.8, 4) is 5.75 Å². The van der Waals surface area contributed by atoms with Crippen LogP contribution in [0.4, 0.5) is 5.69 Å². The molecule has 2 N–H and O–H groups in total. The number of benzene rings is 2. The van der Waals surface area contributed by atoms with Gasteiger partial charge in [0, 0.05) is 16.3 Å². The van der Waals surface area contributed by atoms with Gasteiger partial charge in [-0.15, -0.1) is 0 Å². The third kappa shape index (κ3) is 4.97. The van der Waals surface area contributed by atoms with Crippen LogP contribution < -0.4 is 10.1 Å². The lowest BCUT2D eigenvalue weighted by Crippen LogP contribution is -2.30. The largest absolute Gasteiger partial charge is 0.492 e. The minimum atomic E-state index is -0.984. The zero-order valence-corrected chi connectivity index (χ0v) is 15.1. The van der Waals surface area contributed by atoms with E-state index in [2.05, 4.69) is 5.32 Å². The average molecular weight is 362 g/mol. The first kappa shape index (κ1) is 18.8. The highest BCUT2D eigenvalue weighted by molar-refractivity contribution is 6.30. The highest BCUT2D eigenvalue weighted by atomic mass is 35.5. The molecule has 0 atom stereocenters. The molecular weight excluding hydrogens is 342 g/mol. The lowest BCUT2D eigenvalue weighted by atomic mass is 9.95. The minimum absolute atomic E-state index is 0.0395. The molecule has 0 spiro atoms. The lowest BCUT2D eigenvalue weighted by Gasteiger charge is -2.19. The van der Waals surface area contributed by atoms with E-state index in [-0.39, 0.29) is 12.5 Å². The molecule has 132 valence electrons. The Labute approximate surface area is 151 Å². The second-order valence-electron chi connectivity index (χ2n) is 6.42. The Hall–Kier alpha value is -2.53. The fourth-order valence-corrected chi connectivity index (χ4v) is 2.22. The molecule has 0 bridgehead atoms. The summed E-state index contributed by atoms with van der Waals surface area (Å²) < 4.78 is 5.49. The summed E-state index contributed by atoms with van der Waals surface area (Å²) in [5.74, 6) is -0.668. The summed E-state index contributed by atoms with van der Waals surface area (Å²) in [6, 6.07) is 11.8. The normalized spacial score (nSPS) is 11.0. The average Bonchev–Trinajstić information content (AvgIpc) is 2.56. The molecule has 2 aromatic rings. The van der Waals surface area contributed by atoms with Gasteiger partial charge in [-0.2, -0.15) is 0 Å². The van der Waals surface area contributed by atoms with E-state index in [1.807, 2.05) is 6.92 Å². The Kier molecular flexibility index (Phi) is 5.69. The molecule has 6 heteroatoms. The number of carboxylic acid groups (broad SMARTS) is 1. The molecular formula is C19H20ClNO4. The molecule has 0 saturated heterocycles. The topological polar surface area (TPSA) is 75.6 Å². The Bertz CT molecular complexity index is 785. The summed E-state index contributed by atoms with van der Waals surface area (Å²) in [6.45, 7) is 5.08. The number of rotatable bonds is 6. The molecule has 0 aliphatic heterocycles. The van der Waals surface area contributed by atoms with Crippen LogP contribution in [-0.2, 0) is 4.79 Å². The standard InChI is InChI=1S/C19H20ClNO4/c1-12-10-14(20)6-9-16(12)21-17(22)13-4-7-15(8-5-13)25-11-19(2,3)18(23)24/h4-10H,11H2,1-3H3,(H,21,22)(H,23,24). The fourth-order valence-electron chi connectivity index (χ4n) is 1.99. The zero-order valence-electron chi connectivity index (χ0n) is 14.3. The van der Waals surface area contributed by atoms with Gasteiger partial charge in [0.1, 0.15) is 12.4 Å². The number of amides is 1. The summed E-state index contributed by atoms with van der Waals surface area (Å²) >= 11 is 5.91. The van der Waals surface area contributed by atoms with Crippen molar-refractivity contribution in [2.75, 3.05) is 11.9 Å². The molecule has 2 rings (SSSR count). The molecule has 0 aliphatic carbocycles. The Morgan fingerprint density at radius 2 is 1.80 bits per heavy atom. The number of hydrogen-bond donors (Lipinski definition) is 2. The van der Waals surface area contributed by atoms with Crippen molar-refractivity contribution in [2.24, 2.45) is 5.41 Å². The monoisotopic (exact) mass is 361 g/mol. The number of aliphatic carboxylic acids is 1. The summed E-state index contributed by atoms with van der Waals surface area (Å²) in [7, 11) is 0. The maximum Gasteiger partial charge on any atom is 0.312 e. The van der Waals surface area contributed by atoms with Gasteiger partial charge in [-0.1, -0.05) is 11.6 Å². The van der Waals surface area contributed by atoms with Crippen LogP contribution in [0.3, 0.4) is 0 Å². The molecule has 2 aromatic carbocycles. The number of ether oxygens (including phenoxy) is 1. The Morgan fingerprint density at radius 1 is 1.16 bits per heavy atom. The van der Waals surface area contributed by atoms with E-state index < -0.39 is 11.4 Å². The SMILES string of the molecule is Cc1cc(Cl)ccc1NC(=O)c1ccc(OCC(C)(C)C(=O)O)cc1. The Morgan fingerprint density at radius 3 is 2.36 bits per heavy atom. The summed E-state index contributed by atoms with van der Waals surface area (Å²) in [5, 5.41) is 12.5. The molecule has 0 saturated carbocycles. The van der Waals surface area contributed by atoms with Crippen molar-refractivity contribution in [3.63, 3.8) is 0 Å². The number of carboxylic acids is 1. The number of aryl methyl sites for hydroxylation is 1. The number of carbonyl (C=O) groups is 2. The summed E-state index contributed by atoms with van der Waals surface area (Å²) in [6.07, 6.45) is 0. The third-order valence-corrected chi connectivity index (χ3v) is 3.97. The van der Waals surface area contributed by atoms with E-state index in [0.29, 0.717) is 22.0 Å². The molecule has 0 heterocycles. The smallest absolute Gasteiger partial charge is 0.312 e. The molecule has 0 unspecified atom stereocenters. The fraction of sp³-hybridized carbons (Fsp3) is 0.263. The number of carbonyl (C=O) groups excluding carboxylic acids is 1. The van der Waals surface area contributed by atoms with Crippen LogP contribution in [0.5, 0.6) is 5.75 Å². The number of nitrogens with one attached hydrogen (secondary N) is 1. The summed E-state index contributed by atoms with van der Waals surface area (Å²) in [5.41, 5.74) is 1.05. The number of anilines is 1. The predicted octanol–water partition coefficient (Wildman–Crippen LogP) is 4.39. The van der Waals surface area contributed by atoms with Gasteiger partial charge >= 0.3 is 5.97 Å². The highest BCUT2D eigenvalue weighted by Gasteiger charge is 2.28. The number of hydrogen-bond acceptors (Lipinski definition) is 3. The molecule has 5 nitrogen and oxygen atoms in total. The molecule has 25 heavy (non-hydrogen) atoms. The van der Waals surface area contributed by atoms with E-state index >= 15 is 0 Å². The van der Waals surface area contributed by atoms with E-state index in [0.717, 1.165) is 5.56 Å². The van der Waals surface area contributed by atoms with Crippen molar-refractivity contribution < 1.29 is 19.4 Å². The maximum atomic E-state index is 12.3. The summed E-state index contributed by atoms with van der Waals surface area (Å²) in [4.78, 5) is 23.4. The second-order valence-corrected chi connectivity index (χ2v) is 6.85. The van der Waals surface area contributed by atoms with Gasteiger partial charge in [0.05, 0.1) is 5.41 Å². The van der Waals surface area contributed by atoms with Crippen LogP contribution in [0.25, 0.3) is 0 Å². The van der Waals surface area contributed by atoms with Gasteiger partial charge in [0.2, 0.25) is 0 Å². The second kappa shape index (κ2) is 7.57. The van der Waals surface area contributed by atoms with Crippen molar-refractivity contribution in [1.82, 2.24) is 0 Å². The van der Waals surface area contributed by atoms with Gasteiger partial charge in [-0.3, -0.25) is 9.59 Å². The highest BCUT2D eigenvalue weighted by Crippen LogP contribution is 2.22. The molecule has 0 fully saturated rings. The molecule has 0 aliphatic rings. The van der Waals surface area contributed by atoms with Crippen LogP contribution in [0.1, 0.15) is 29.8 Å². The van der Waals surface area contributed by atoms with Crippen molar-refractivity contribution in [1.29, 1.82) is 0 Å². The zero-order chi connectivity index (χ0) is 18.6. The Balaban J connectivity index is 2.01. The van der Waals surface area contributed by atoms with Crippen molar-refractivity contribution in [2.45, 2.75) is 20.8 Å². The van der Waals surface area contributed by atoms with Crippen molar-refractivity contribution in [3.05, 3.63) is 58.6 Å². The van der Waals surface area contributed by atoms with Crippen LogP contribution in [0.2, 0.25) is 5.02 Å². The van der Waals surface area contributed by atoms with Crippen molar-refractivity contribution >= 4 is 29.2 Å².